The number of hydrogen-bond donors (Lipinski definition) is 2. The maximum Gasteiger partial charge on any atom is 0.125 e. The zero-order valence-corrected chi connectivity index (χ0v) is 13.5. The fraction of sp³-hybridized carbons (Fsp3) is 0.357. The number of nitrogens with one attached hydrogen (secondary N) is 1. The molecule has 0 saturated carbocycles. The van der Waals surface area contributed by atoms with Gasteiger partial charge in [0.2, 0.25) is 0 Å². The zero-order chi connectivity index (χ0) is 12.4. The van der Waals surface area contributed by atoms with Crippen LogP contribution in [0.1, 0.15) is 24.1 Å². The maximum atomic E-state index is 5.61. The molecule has 2 aromatic rings. The number of hydrogen-bond acceptors (Lipinski definition) is 4. The van der Waals surface area contributed by atoms with Crippen molar-refractivity contribution in [3.63, 3.8) is 0 Å². The molecule has 1 aromatic heterocycles. The number of nitrogens with zero attached hydrogens (tertiary/aromatic N) is 1. The van der Waals surface area contributed by atoms with Gasteiger partial charge in [-0.25, -0.2) is 4.98 Å². The highest BCUT2D eigenvalue weighted by Crippen LogP contribution is 2.34. The van der Waals surface area contributed by atoms with Crippen LogP contribution in [0.4, 0.5) is 5.00 Å². The number of aromatic nitrogens is 1. The average Bonchev–Trinajstić information content (AvgIpc) is 2.70. The zero-order valence-electron chi connectivity index (χ0n) is 11.1. The molecule has 0 amide bonds. The molecule has 2 heterocycles. The van der Waals surface area contributed by atoms with E-state index in [1.807, 2.05) is 0 Å². The average molecular weight is 332 g/mol. The quantitative estimate of drug-likeness (QED) is 0.878. The monoisotopic (exact) mass is 331 g/mol. The van der Waals surface area contributed by atoms with Gasteiger partial charge in [-0.05, 0) is 24.8 Å². The van der Waals surface area contributed by atoms with Crippen molar-refractivity contribution >= 4 is 41.2 Å². The minimum Gasteiger partial charge on any atom is -0.375 e. The van der Waals surface area contributed by atoms with Crippen LogP contribution in [-0.4, -0.2) is 11.5 Å². The Morgan fingerprint density at radius 1 is 1.15 bits per heavy atom. The van der Waals surface area contributed by atoms with E-state index in [1.54, 1.807) is 11.3 Å². The summed E-state index contributed by atoms with van der Waals surface area (Å²) in [7, 11) is 0. The third-order valence-corrected chi connectivity index (χ3v) is 4.36. The van der Waals surface area contributed by atoms with E-state index in [9.17, 15) is 0 Å². The molecule has 0 atom stereocenters. The molecule has 6 heteroatoms. The lowest BCUT2D eigenvalue weighted by Gasteiger charge is -1.99. The summed E-state index contributed by atoms with van der Waals surface area (Å²) >= 11 is 1.76. The van der Waals surface area contributed by atoms with Crippen molar-refractivity contribution in [1.82, 2.24) is 4.98 Å². The smallest absolute Gasteiger partial charge is 0.125 e. The largest absolute Gasteiger partial charge is 0.375 e. The fourth-order valence-corrected chi connectivity index (χ4v) is 3.23. The first-order valence-corrected chi connectivity index (χ1v) is 7.21. The lowest BCUT2D eigenvalue weighted by Crippen LogP contribution is -1.96. The van der Waals surface area contributed by atoms with E-state index in [2.05, 4.69) is 29.6 Å². The fourth-order valence-electron chi connectivity index (χ4n) is 2.19. The van der Waals surface area contributed by atoms with Crippen LogP contribution in [-0.2, 0) is 13.0 Å². The summed E-state index contributed by atoms with van der Waals surface area (Å²) in [4.78, 5) is 4.76. The van der Waals surface area contributed by atoms with Gasteiger partial charge >= 0.3 is 0 Å². The van der Waals surface area contributed by atoms with Crippen molar-refractivity contribution in [3.8, 4) is 10.6 Å². The van der Waals surface area contributed by atoms with E-state index >= 15 is 0 Å². The van der Waals surface area contributed by atoms with Crippen molar-refractivity contribution < 1.29 is 0 Å². The number of fused-ring (bicyclic) bond motifs is 1. The van der Waals surface area contributed by atoms with Crippen molar-refractivity contribution in [2.45, 2.75) is 25.8 Å². The van der Waals surface area contributed by atoms with E-state index in [0.29, 0.717) is 6.54 Å². The number of rotatable bonds is 2. The first kappa shape index (κ1) is 17.2. The second kappa shape index (κ2) is 7.84. The van der Waals surface area contributed by atoms with Gasteiger partial charge in [0.25, 0.3) is 0 Å². The number of nitrogens with two attached hydrogens (primary N) is 1. The van der Waals surface area contributed by atoms with Crippen LogP contribution >= 0.6 is 36.2 Å². The molecule has 0 bridgehead atoms. The van der Waals surface area contributed by atoms with Crippen LogP contribution in [0.3, 0.4) is 0 Å². The molecule has 1 aliphatic heterocycles. The minimum atomic E-state index is 0. The predicted molar refractivity (Wildman–Crippen MR) is 91.4 cm³/mol. The summed E-state index contributed by atoms with van der Waals surface area (Å²) in [6.45, 7) is 1.66. The number of anilines is 1. The second-order valence-corrected chi connectivity index (χ2v) is 5.58. The first-order valence-electron chi connectivity index (χ1n) is 6.40. The van der Waals surface area contributed by atoms with Gasteiger partial charge in [0.05, 0.1) is 5.69 Å². The molecule has 3 nitrogen and oxygen atoms in total. The molecule has 3 rings (SSSR count). The first-order chi connectivity index (χ1) is 8.86. The topological polar surface area (TPSA) is 50.9 Å². The molecule has 0 radical (unpaired) electrons. The van der Waals surface area contributed by atoms with Gasteiger partial charge in [-0.2, -0.15) is 0 Å². The third-order valence-electron chi connectivity index (χ3n) is 3.26. The molecular weight excluding hydrogens is 313 g/mol. The molecule has 3 N–H and O–H groups in total. The van der Waals surface area contributed by atoms with Crippen LogP contribution in [0.25, 0.3) is 10.6 Å². The summed E-state index contributed by atoms with van der Waals surface area (Å²) in [5.41, 5.74) is 9.19. The number of halogens is 2. The standard InChI is InChI=1S/C14H17N3S.2ClH/c15-9-10-4-6-11(7-5-10)13-17-12-3-1-2-8-16-14(12)18-13;;/h4-7,16H,1-3,8-9,15H2;2*1H. The Morgan fingerprint density at radius 2 is 1.90 bits per heavy atom. The second-order valence-electron chi connectivity index (χ2n) is 4.58. The minimum absolute atomic E-state index is 0. The highest BCUT2D eigenvalue weighted by Gasteiger charge is 2.14. The van der Waals surface area contributed by atoms with Crippen molar-refractivity contribution in [2.75, 3.05) is 11.9 Å². The molecule has 0 fully saturated rings. The molecule has 0 spiro atoms. The van der Waals surface area contributed by atoms with Gasteiger partial charge in [0.1, 0.15) is 10.0 Å². The van der Waals surface area contributed by atoms with Gasteiger partial charge in [0.15, 0.2) is 0 Å². The summed E-state index contributed by atoms with van der Waals surface area (Å²) in [6, 6.07) is 8.38. The lowest BCUT2D eigenvalue weighted by atomic mass is 10.1. The maximum absolute atomic E-state index is 5.61. The Hall–Kier alpha value is -0.810. The number of thiazole rings is 1. The third kappa shape index (κ3) is 3.64. The van der Waals surface area contributed by atoms with Crippen LogP contribution in [0.15, 0.2) is 24.3 Å². The number of aryl methyl sites for hydroxylation is 1. The molecule has 1 aromatic carbocycles. The molecule has 20 heavy (non-hydrogen) atoms. The molecular formula is C14H19Cl2N3S. The molecule has 110 valence electrons. The van der Waals surface area contributed by atoms with Gasteiger partial charge in [0, 0.05) is 18.7 Å². The van der Waals surface area contributed by atoms with Gasteiger partial charge in [-0.1, -0.05) is 35.6 Å². The van der Waals surface area contributed by atoms with Crippen LogP contribution in [0, 0.1) is 0 Å². The van der Waals surface area contributed by atoms with E-state index in [-0.39, 0.29) is 24.8 Å². The van der Waals surface area contributed by atoms with Crippen LogP contribution < -0.4 is 11.1 Å². The van der Waals surface area contributed by atoms with Crippen molar-refractivity contribution in [2.24, 2.45) is 5.73 Å². The van der Waals surface area contributed by atoms with Gasteiger partial charge in [-0.3, -0.25) is 0 Å². The molecule has 1 aliphatic rings. The summed E-state index contributed by atoms with van der Waals surface area (Å²) in [5.74, 6) is 0. The van der Waals surface area contributed by atoms with E-state index in [1.165, 1.54) is 29.1 Å². The Morgan fingerprint density at radius 3 is 2.60 bits per heavy atom. The Labute approximate surface area is 135 Å². The van der Waals surface area contributed by atoms with Gasteiger partial charge in [-0.15, -0.1) is 24.8 Å². The normalized spacial score (nSPS) is 13.2. The van der Waals surface area contributed by atoms with Crippen LogP contribution in [0.5, 0.6) is 0 Å². The van der Waals surface area contributed by atoms with E-state index < -0.39 is 0 Å². The Bertz CT molecular complexity index is 516. The van der Waals surface area contributed by atoms with E-state index in [4.69, 9.17) is 10.7 Å². The van der Waals surface area contributed by atoms with Crippen molar-refractivity contribution in [1.29, 1.82) is 0 Å². The number of benzene rings is 1. The highest BCUT2D eigenvalue weighted by molar-refractivity contribution is 7.19. The van der Waals surface area contributed by atoms with E-state index in [0.717, 1.165) is 23.5 Å². The molecule has 0 saturated heterocycles. The van der Waals surface area contributed by atoms with Crippen LogP contribution in [0.2, 0.25) is 0 Å². The summed E-state index contributed by atoms with van der Waals surface area (Å²) in [6.07, 6.45) is 3.57. The SMILES string of the molecule is Cl.Cl.NCc1ccc(-c2nc3c(s2)NCCCC3)cc1. The summed E-state index contributed by atoms with van der Waals surface area (Å²) in [5, 5.41) is 5.84. The highest BCUT2D eigenvalue weighted by atomic mass is 35.5. The Balaban J connectivity index is 0.000001000. The predicted octanol–water partition coefficient (Wildman–Crippen LogP) is 3.86. The Kier molecular flexibility index (Phi) is 6.76. The molecule has 0 unspecified atom stereocenters. The molecule has 0 aliphatic carbocycles. The van der Waals surface area contributed by atoms with Gasteiger partial charge < -0.3 is 11.1 Å². The van der Waals surface area contributed by atoms with Crippen molar-refractivity contribution in [3.05, 3.63) is 35.5 Å². The summed E-state index contributed by atoms with van der Waals surface area (Å²) < 4.78 is 0. The lowest BCUT2D eigenvalue weighted by molar-refractivity contribution is 0.775.